The van der Waals surface area contributed by atoms with E-state index < -0.39 is 6.10 Å². The van der Waals surface area contributed by atoms with Gasteiger partial charge in [0.05, 0.1) is 24.9 Å². The summed E-state index contributed by atoms with van der Waals surface area (Å²) in [5, 5.41) is 21.7. The number of nitrogens with one attached hydrogen (secondary N) is 1. The molecule has 0 aliphatic carbocycles. The number of aliphatic hydroxyl groups excluding tert-OH is 1. The first-order valence-electron chi connectivity index (χ1n) is 6.96. The van der Waals surface area contributed by atoms with Gasteiger partial charge in [-0.15, -0.1) is 0 Å². The molecule has 0 saturated heterocycles. The van der Waals surface area contributed by atoms with E-state index in [1.54, 1.807) is 10.9 Å². The number of nitrogens with zero attached hydrogens (tertiary/aromatic N) is 4. The fourth-order valence-electron chi connectivity index (χ4n) is 2.07. The summed E-state index contributed by atoms with van der Waals surface area (Å²) < 4.78 is 3.68. The van der Waals surface area contributed by atoms with Gasteiger partial charge < -0.3 is 10.4 Å². The molecule has 0 fully saturated rings. The molecule has 0 aliphatic rings. The monoisotopic (exact) mass is 277 g/mol. The number of aliphatic hydroxyl groups is 1. The first-order chi connectivity index (χ1) is 9.56. The van der Waals surface area contributed by atoms with Crippen LogP contribution in [0.4, 0.5) is 0 Å². The van der Waals surface area contributed by atoms with Crippen LogP contribution in [0.15, 0.2) is 30.9 Å². The molecule has 2 aromatic rings. The molecular weight excluding hydrogens is 254 g/mol. The Hall–Kier alpha value is -1.66. The van der Waals surface area contributed by atoms with E-state index in [4.69, 9.17) is 0 Å². The van der Waals surface area contributed by atoms with Gasteiger partial charge in [0.1, 0.15) is 0 Å². The Bertz CT molecular complexity index is 507. The van der Waals surface area contributed by atoms with Crippen molar-refractivity contribution in [1.82, 2.24) is 24.9 Å². The molecule has 2 aromatic heterocycles. The van der Waals surface area contributed by atoms with E-state index in [9.17, 15) is 5.11 Å². The Labute approximate surface area is 119 Å². The van der Waals surface area contributed by atoms with Gasteiger partial charge in [-0.05, 0) is 32.4 Å². The minimum atomic E-state index is -0.455. The van der Waals surface area contributed by atoms with Gasteiger partial charge in [-0.2, -0.15) is 10.2 Å². The third kappa shape index (κ3) is 3.91. The molecular formula is C14H23N5O. The molecule has 2 N–H and O–H groups in total. The maximum absolute atomic E-state index is 9.98. The van der Waals surface area contributed by atoms with Crippen LogP contribution in [-0.4, -0.2) is 43.4 Å². The van der Waals surface area contributed by atoms with Crippen LogP contribution in [0.25, 0.3) is 0 Å². The zero-order chi connectivity index (χ0) is 14.5. The Morgan fingerprint density at radius 2 is 2.15 bits per heavy atom. The van der Waals surface area contributed by atoms with Gasteiger partial charge in [0.2, 0.25) is 0 Å². The van der Waals surface area contributed by atoms with Crippen LogP contribution in [0.2, 0.25) is 0 Å². The molecule has 3 atom stereocenters. The number of aryl methyl sites for hydroxylation is 1. The molecule has 0 saturated carbocycles. The highest BCUT2D eigenvalue weighted by Gasteiger charge is 2.15. The Balaban J connectivity index is 1.78. The van der Waals surface area contributed by atoms with E-state index in [0.29, 0.717) is 13.1 Å². The van der Waals surface area contributed by atoms with Gasteiger partial charge >= 0.3 is 0 Å². The van der Waals surface area contributed by atoms with Gasteiger partial charge in [0.15, 0.2) is 0 Å². The van der Waals surface area contributed by atoms with Crippen molar-refractivity contribution in [3.8, 4) is 0 Å². The standard InChI is InChI=1S/C14H23N5O/c1-11-7-17-19(9-11)13(3)12(2)15-8-14(20)10-18-6-4-5-16-18/h4-7,9,12-15,20H,8,10H2,1-3H3/t12-,13+,14+/m0/s1. The number of hydrogen-bond donors (Lipinski definition) is 2. The summed E-state index contributed by atoms with van der Waals surface area (Å²) >= 11 is 0. The Morgan fingerprint density at radius 1 is 1.35 bits per heavy atom. The van der Waals surface area contributed by atoms with Gasteiger partial charge in [-0.1, -0.05) is 0 Å². The fraction of sp³-hybridized carbons (Fsp3) is 0.571. The van der Waals surface area contributed by atoms with Crippen LogP contribution in [0.1, 0.15) is 25.5 Å². The minimum absolute atomic E-state index is 0.224. The van der Waals surface area contributed by atoms with Crippen LogP contribution in [0.3, 0.4) is 0 Å². The van der Waals surface area contributed by atoms with E-state index in [2.05, 4.69) is 29.4 Å². The van der Waals surface area contributed by atoms with Crippen molar-refractivity contribution in [3.05, 3.63) is 36.4 Å². The molecule has 0 radical (unpaired) electrons. The lowest BCUT2D eigenvalue weighted by Crippen LogP contribution is -2.40. The second kappa shape index (κ2) is 6.67. The van der Waals surface area contributed by atoms with Crippen LogP contribution in [-0.2, 0) is 6.54 Å². The largest absolute Gasteiger partial charge is 0.390 e. The van der Waals surface area contributed by atoms with E-state index in [0.717, 1.165) is 5.56 Å². The van der Waals surface area contributed by atoms with Crippen molar-refractivity contribution in [3.63, 3.8) is 0 Å². The molecule has 0 aromatic carbocycles. The molecule has 20 heavy (non-hydrogen) atoms. The van der Waals surface area contributed by atoms with Crippen LogP contribution in [0.5, 0.6) is 0 Å². The number of rotatable bonds is 7. The lowest BCUT2D eigenvalue weighted by molar-refractivity contribution is 0.140. The summed E-state index contributed by atoms with van der Waals surface area (Å²) in [6, 6.07) is 2.31. The van der Waals surface area contributed by atoms with Crippen molar-refractivity contribution in [1.29, 1.82) is 0 Å². The summed E-state index contributed by atoms with van der Waals surface area (Å²) in [7, 11) is 0. The fourth-order valence-corrected chi connectivity index (χ4v) is 2.07. The zero-order valence-corrected chi connectivity index (χ0v) is 12.3. The molecule has 0 unspecified atom stereocenters. The minimum Gasteiger partial charge on any atom is -0.390 e. The molecule has 0 spiro atoms. The van der Waals surface area contributed by atoms with Gasteiger partial charge in [-0.3, -0.25) is 9.36 Å². The zero-order valence-electron chi connectivity index (χ0n) is 12.3. The van der Waals surface area contributed by atoms with E-state index in [1.165, 1.54) is 0 Å². The van der Waals surface area contributed by atoms with Gasteiger partial charge in [0.25, 0.3) is 0 Å². The lowest BCUT2D eigenvalue weighted by atomic mass is 10.1. The number of hydrogen-bond acceptors (Lipinski definition) is 4. The van der Waals surface area contributed by atoms with Crippen LogP contribution >= 0.6 is 0 Å². The van der Waals surface area contributed by atoms with E-state index in [1.807, 2.05) is 36.3 Å². The van der Waals surface area contributed by atoms with E-state index in [-0.39, 0.29) is 12.1 Å². The molecule has 0 bridgehead atoms. The maximum Gasteiger partial charge on any atom is 0.0860 e. The molecule has 6 heteroatoms. The molecule has 6 nitrogen and oxygen atoms in total. The summed E-state index contributed by atoms with van der Waals surface area (Å²) in [4.78, 5) is 0. The maximum atomic E-state index is 9.98. The first-order valence-corrected chi connectivity index (χ1v) is 6.96. The summed E-state index contributed by atoms with van der Waals surface area (Å²) in [6.07, 6.45) is 7.00. The Morgan fingerprint density at radius 3 is 2.75 bits per heavy atom. The van der Waals surface area contributed by atoms with Crippen molar-refractivity contribution < 1.29 is 5.11 Å². The topological polar surface area (TPSA) is 67.9 Å². The molecule has 2 heterocycles. The molecule has 2 rings (SSSR count). The smallest absolute Gasteiger partial charge is 0.0860 e. The van der Waals surface area contributed by atoms with Crippen molar-refractivity contribution in [2.75, 3.05) is 6.54 Å². The molecule has 110 valence electrons. The average Bonchev–Trinajstić information content (AvgIpc) is 3.06. The average molecular weight is 277 g/mol. The predicted molar refractivity (Wildman–Crippen MR) is 77.4 cm³/mol. The lowest BCUT2D eigenvalue weighted by Gasteiger charge is -2.23. The summed E-state index contributed by atoms with van der Waals surface area (Å²) in [6.45, 7) is 7.28. The van der Waals surface area contributed by atoms with Crippen LogP contribution < -0.4 is 5.32 Å². The Kier molecular flexibility index (Phi) is 4.92. The molecule has 0 aliphatic heterocycles. The highest BCUT2D eigenvalue weighted by atomic mass is 16.3. The summed E-state index contributed by atoms with van der Waals surface area (Å²) in [5.41, 5.74) is 1.16. The van der Waals surface area contributed by atoms with Gasteiger partial charge in [-0.25, -0.2) is 0 Å². The molecule has 0 amide bonds. The third-order valence-corrected chi connectivity index (χ3v) is 3.50. The second-order valence-electron chi connectivity index (χ2n) is 5.32. The van der Waals surface area contributed by atoms with Crippen molar-refractivity contribution >= 4 is 0 Å². The highest BCUT2D eigenvalue weighted by molar-refractivity contribution is 5.00. The summed E-state index contributed by atoms with van der Waals surface area (Å²) in [5.74, 6) is 0. The predicted octanol–water partition coefficient (Wildman–Crippen LogP) is 0.988. The second-order valence-corrected chi connectivity index (χ2v) is 5.32. The van der Waals surface area contributed by atoms with Crippen molar-refractivity contribution in [2.24, 2.45) is 0 Å². The SMILES string of the molecule is Cc1cnn([C@H](C)[C@H](C)NC[C@@H](O)Cn2cccn2)c1. The third-order valence-electron chi connectivity index (χ3n) is 3.50. The van der Waals surface area contributed by atoms with E-state index >= 15 is 0 Å². The van der Waals surface area contributed by atoms with Crippen molar-refractivity contribution in [2.45, 2.75) is 45.5 Å². The first kappa shape index (κ1) is 14.7. The normalized spacial score (nSPS) is 16.0. The van der Waals surface area contributed by atoms with Gasteiger partial charge in [0, 0.05) is 31.2 Å². The number of aromatic nitrogens is 4. The van der Waals surface area contributed by atoms with Crippen LogP contribution in [0, 0.1) is 6.92 Å². The quantitative estimate of drug-likeness (QED) is 0.792. The highest BCUT2D eigenvalue weighted by Crippen LogP contribution is 2.10.